The molecule has 0 heterocycles. The number of ether oxygens (including phenoxy) is 1. The van der Waals surface area contributed by atoms with Gasteiger partial charge in [0.15, 0.2) is 0 Å². The van der Waals surface area contributed by atoms with Crippen LogP contribution in [-0.2, 0) is 27.9 Å². The number of nitrogens with one attached hydrogen (secondary N) is 1. The lowest BCUT2D eigenvalue weighted by molar-refractivity contribution is -0.870. The van der Waals surface area contributed by atoms with Gasteiger partial charge in [-0.3, -0.25) is 14.2 Å². The van der Waals surface area contributed by atoms with Crippen LogP contribution < -0.4 is 10.2 Å². The topological polar surface area (TPSA) is 114 Å². The van der Waals surface area contributed by atoms with E-state index in [0.29, 0.717) is 23.9 Å². The van der Waals surface area contributed by atoms with Crippen LogP contribution in [-0.4, -0.2) is 69.4 Å². The van der Waals surface area contributed by atoms with Gasteiger partial charge in [0.2, 0.25) is 5.91 Å². The Morgan fingerprint density at radius 1 is 0.473 bits per heavy atom. The van der Waals surface area contributed by atoms with Crippen LogP contribution in [0.4, 0.5) is 0 Å². The predicted octanol–water partition coefficient (Wildman–Crippen LogP) is 18.4. The highest BCUT2D eigenvalue weighted by molar-refractivity contribution is 7.45. The van der Waals surface area contributed by atoms with Crippen molar-refractivity contribution in [1.82, 2.24) is 5.32 Å². The number of quaternary nitrogens is 1. The minimum absolute atomic E-state index is 0.0256. The van der Waals surface area contributed by atoms with E-state index in [9.17, 15) is 19.0 Å². The van der Waals surface area contributed by atoms with E-state index in [2.05, 4.69) is 74.7 Å². The second-order valence-electron chi connectivity index (χ2n) is 22.2. The fourth-order valence-electron chi connectivity index (χ4n) is 8.86. The van der Waals surface area contributed by atoms with E-state index in [1.54, 1.807) is 0 Å². The highest BCUT2D eigenvalue weighted by atomic mass is 31.2. The normalized spacial score (nSPS) is 14.1. The quantitative estimate of drug-likeness (QED) is 0.0212. The van der Waals surface area contributed by atoms with Crippen molar-refractivity contribution in [2.24, 2.45) is 0 Å². The van der Waals surface area contributed by atoms with Crippen molar-refractivity contribution in [2.45, 2.75) is 296 Å². The number of unbranched alkanes of at least 4 members (excludes halogenated alkanes) is 32. The van der Waals surface area contributed by atoms with Crippen LogP contribution in [0.3, 0.4) is 0 Å². The first-order chi connectivity index (χ1) is 35.9. The number of phosphoric acid groups is 1. The summed E-state index contributed by atoms with van der Waals surface area (Å²) < 4.78 is 30.3. The van der Waals surface area contributed by atoms with Crippen LogP contribution in [0.2, 0.25) is 0 Å². The van der Waals surface area contributed by atoms with Gasteiger partial charge >= 0.3 is 5.97 Å². The summed E-state index contributed by atoms with van der Waals surface area (Å²) in [6.45, 7) is 6.81. The van der Waals surface area contributed by atoms with E-state index in [4.69, 9.17) is 13.8 Å². The molecule has 0 fully saturated rings. The van der Waals surface area contributed by atoms with Gasteiger partial charge < -0.3 is 28.5 Å². The Morgan fingerprint density at radius 2 is 0.824 bits per heavy atom. The third-order valence-electron chi connectivity index (χ3n) is 13.7. The zero-order valence-corrected chi connectivity index (χ0v) is 50.2. The number of phosphoric ester groups is 1. The largest absolute Gasteiger partial charge is 0.756 e. The molecule has 1 amide bonds. The number of amides is 1. The smallest absolute Gasteiger partial charge is 0.306 e. The lowest BCUT2D eigenvalue weighted by Crippen LogP contribution is -2.47. The summed E-state index contributed by atoms with van der Waals surface area (Å²) in [6, 6.07) is -0.895. The van der Waals surface area contributed by atoms with Crippen molar-refractivity contribution in [3.8, 4) is 0 Å². The molecule has 74 heavy (non-hydrogen) atoms. The van der Waals surface area contributed by atoms with E-state index in [0.717, 1.165) is 89.9 Å². The lowest BCUT2D eigenvalue weighted by atomic mass is 10.0. The summed E-state index contributed by atoms with van der Waals surface area (Å²) in [6.07, 6.45) is 67.5. The molecule has 0 saturated carbocycles. The molecular formula is C64H119N2O7P. The molecule has 0 aromatic carbocycles. The standard InChI is InChI=1S/C64H119N2O7P/c1-7-10-13-16-19-22-25-27-29-31-32-33-34-35-37-39-42-45-48-51-54-57-64(68)73-62(55-52-49-46-43-40-24-21-18-15-12-9-3)61(60-72-74(69,70)71-59-58-66(4,5)6)65-63(67)56-53-50-47-44-41-38-36-30-28-26-23-20-17-14-11-8-2/h19,22,27,29,32-33,35,37,52,55,61-62H,7-18,20-21,23-26,28,30-31,34,36,38-51,53-54,56-60H2,1-6H3,(H-,65,67,69,70)/b22-19-,29-27-,33-32-,37-35-,55-52+. The summed E-state index contributed by atoms with van der Waals surface area (Å²) in [5.41, 5.74) is 0. The maximum atomic E-state index is 13.5. The van der Waals surface area contributed by atoms with Gasteiger partial charge in [-0.15, -0.1) is 0 Å². The van der Waals surface area contributed by atoms with Crippen LogP contribution in [0, 0.1) is 0 Å². The molecule has 9 nitrogen and oxygen atoms in total. The third-order valence-corrected chi connectivity index (χ3v) is 14.7. The zero-order chi connectivity index (χ0) is 54.3. The Labute approximate surface area is 458 Å². The fraction of sp³-hybridized carbons (Fsp3) is 0.812. The monoisotopic (exact) mass is 1060 g/mol. The Hall–Kier alpha value is -2.29. The molecule has 0 aliphatic rings. The molecule has 0 aliphatic heterocycles. The number of carbonyl (C=O) groups is 2. The average Bonchev–Trinajstić information content (AvgIpc) is 3.36. The molecule has 0 saturated heterocycles. The number of esters is 1. The molecular weight excluding hydrogens is 940 g/mol. The summed E-state index contributed by atoms with van der Waals surface area (Å²) in [4.78, 5) is 39.9. The highest BCUT2D eigenvalue weighted by Gasteiger charge is 2.27. The lowest BCUT2D eigenvalue weighted by Gasteiger charge is -2.30. The molecule has 0 aliphatic carbocycles. The molecule has 0 radical (unpaired) electrons. The van der Waals surface area contributed by atoms with Gasteiger partial charge in [-0.05, 0) is 76.7 Å². The van der Waals surface area contributed by atoms with E-state index in [1.165, 1.54) is 154 Å². The first-order valence-electron chi connectivity index (χ1n) is 31.1. The van der Waals surface area contributed by atoms with E-state index >= 15 is 0 Å². The maximum Gasteiger partial charge on any atom is 0.306 e. The van der Waals surface area contributed by atoms with E-state index < -0.39 is 26.6 Å². The molecule has 0 rings (SSSR count). The molecule has 10 heteroatoms. The second kappa shape index (κ2) is 54.1. The van der Waals surface area contributed by atoms with Crippen LogP contribution in [0.25, 0.3) is 0 Å². The van der Waals surface area contributed by atoms with Crippen molar-refractivity contribution < 1.29 is 37.3 Å². The Kier molecular flexibility index (Phi) is 52.4. The van der Waals surface area contributed by atoms with Crippen molar-refractivity contribution in [3.63, 3.8) is 0 Å². The van der Waals surface area contributed by atoms with Gasteiger partial charge in [0.05, 0.1) is 33.8 Å². The Morgan fingerprint density at radius 3 is 1.26 bits per heavy atom. The number of hydrogen-bond donors (Lipinski definition) is 1. The second-order valence-corrected chi connectivity index (χ2v) is 23.6. The fourth-order valence-corrected chi connectivity index (χ4v) is 9.58. The number of rotatable bonds is 56. The molecule has 0 aromatic heterocycles. The summed E-state index contributed by atoms with van der Waals surface area (Å²) >= 11 is 0. The van der Waals surface area contributed by atoms with Crippen molar-refractivity contribution in [1.29, 1.82) is 0 Å². The molecule has 3 atom stereocenters. The van der Waals surface area contributed by atoms with E-state index in [1.807, 2.05) is 33.3 Å². The van der Waals surface area contributed by atoms with Gasteiger partial charge in [-0.2, -0.15) is 0 Å². The summed E-state index contributed by atoms with van der Waals surface area (Å²) in [7, 11) is 1.18. The SMILES string of the molecule is CCCCC/C=C\C/C=C\C/C=C\C/C=C\CCCCCCCC(=O)OC(/C=C/CCCCCCCCCCC)C(COP(=O)([O-])OCC[N+](C)(C)C)NC(=O)CCCCCCCCCCCCCCCCCC. The van der Waals surface area contributed by atoms with Gasteiger partial charge in [0.25, 0.3) is 7.82 Å². The van der Waals surface area contributed by atoms with Crippen molar-refractivity contribution >= 4 is 19.7 Å². The highest BCUT2D eigenvalue weighted by Crippen LogP contribution is 2.38. The predicted molar refractivity (Wildman–Crippen MR) is 316 cm³/mol. The van der Waals surface area contributed by atoms with Crippen LogP contribution in [0.5, 0.6) is 0 Å². The number of allylic oxidation sites excluding steroid dienone is 9. The maximum absolute atomic E-state index is 13.5. The molecule has 432 valence electrons. The minimum Gasteiger partial charge on any atom is -0.756 e. The van der Waals surface area contributed by atoms with E-state index in [-0.39, 0.29) is 24.9 Å². The Balaban J connectivity index is 5.24. The number of carbonyl (C=O) groups excluding carboxylic acids is 2. The number of likely N-dealkylation sites (N-methyl/N-ethyl adjacent to an activating group) is 1. The average molecular weight is 1060 g/mol. The molecule has 3 unspecified atom stereocenters. The molecule has 0 bridgehead atoms. The number of hydrogen-bond acceptors (Lipinski definition) is 7. The zero-order valence-electron chi connectivity index (χ0n) is 49.3. The first-order valence-corrected chi connectivity index (χ1v) is 32.6. The minimum atomic E-state index is -4.70. The van der Waals surface area contributed by atoms with Crippen molar-refractivity contribution in [2.75, 3.05) is 40.9 Å². The van der Waals surface area contributed by atoms with Crippen LogP contribution >= 0.6 is 7.82 Å². The third kappa shape index (κ3) is 54.5. The Bertz CT molecular complexity index is 1450. The van der Waals surface area contributed by atoms with Crippen LogP contribution in [0.15, 0.2) is 60.8 Å². The summed E-state index contributed by atoms with van der Waals surface area (Å²) in [5, 5.41) is 3.02. The first kappa shape index (κ1) is 71.7. The number of nitrogens with zero attached hydrogens (tertiary/aromatic N) is 1. The molecule has 1 N–H and O–H groups in total. The summed E-state index contributed by atoms with van der Waals surface area (Å²) in [5.74, 6) is -0.555. The molecule has 0 aromatic rings. The van der Waals surface area contributed by atoms with Crippen molar-refractivity contribution in [3.05, 3.63) is 60.8 Å². The molecule has 0 spiro atoms. The van der Waals surface area contributed by atoms with Crippen LogP contribution in [0.1, 0.15) is 284 Å². The van der Waals surface area contributed by atoms with Gasteiger partial charge in [-0.1, -0.05) is 255 Å². The van der Waals surface area contributed by atoms with Gasteiger partial charge in [0.1, 0.15) is 19.3 Å². The van der Waals surface area contributed by atoms with Gasteiger partial charge in [-0.25, -0.2) is 0 Å². The van der Waals surface area contributed by atoms with Gasteiger partial charge in [0, 0.05) is 12.8 Å².